The number of aromatic nitrogens is 4. The smallest absolute Gasteiger partial charge is 0.267 e. The largest absolute Gasteiger partial charge is 0.338 e. The van der Waals surface area contributed by atoms with Gasteiger partial charge in [0.05, 0.1) is 16.8 Å². The molecule has 6 nitrogen and oxygen atoms in total. The van der Waals surface area contributed by atoms with Crippen molar-refractivity contribution in [3.8, 4) is 17.1 Å². The fraction of sp³-hybridized carbons (Fsp3) is 0.167. The molecule has 3 heterocycles. The Hall–Kier alpha value is -3.23. The lowest BCUT2D eigenvalue weighted by Crippen LogP contribution is -2.21. The van der Waals surface area contributed by atoms with Gasteiger partial charge in [0.2, 0.25) is 11.7 Å². The van der Waals surface area contributed by atoms with Crippen molar-refractivity contribution in [1.29, 1.82) is 0 Å². The molecule has 0 spiro atoms. The van der Waals surface area contributed by atoms with Crippen LogP contribution < -0.4 is 5.56 Å². The van der Waals surface area contributed by atoms with Crippen molar-refractivity contribution in [2.75, 3.05) is 0 Å². The van der Waals surface area contributed by atoms with Crippen LogP contribution in [0.1, 0.15) is 21.9 Å². The van der Waals surface area contributed by atoms with Gasteiger partial charge in [-0.25, -0.2) is 4.98 Å². The quantitative estimate of drug-likeness (QED) is 0.247. The van der Waals surface area contributed by atoms with Crippen molar-refractivity contribution < 1.29 is 4.52 Å². The van der Waals surface area contributed by atoms with Crippen LogP contribution in [0.5, 0.6) is 0 Å². The minimum atomic E-state index is -0.0589. The van der Waals surface area contributed by atoms with Crippen molar-refractivity contribution in [1.82, 2.24) is 19.7 Å². The lowest BCUT2D eigenvalue weighted by Gasteiger charge is -2.11. The molecule has 0 fully saturated rings. The first-order valence-corrected chi connectivity index (χ1v) is 11.9. The first kappa shape index (κ1) is 20.7. The molecular formula is C24H20N4O2S2. The SMILES string of the molecule is Cc1ccc(-c2noc(CSc3nc4sc(C)c(C)c4c(=O)n3-c3ccccc3)n2)cc1. The molecule has 160 valence electrons. The van der Waals surface area contributed by atoms with Crippen LogP contribution in [-0.2, 0) is 5.75 Å². The zero-order chi connectivity index (χ0) is 22.2. The maximum absolute atomic E-state index is 13.5. The molecule has 0 bridgehead atoms. The van der Waals surface area contributed by atoms with Crippen molar-refractivity contribution in [3.63, 3.8) is 0 Å². The summed E-state index contributed by atoms with van der Waals surface area (Å²) in [6.07, 6.45) is 0. The lowest BCUT2D eigenvalue weighted by molar-refractivity contribution is 0.391. The Morgan fingerprint density at radius 1 is 1.00 bits per heavy atom. The van der Waals surface area contributed by atoms with E-state index in [0.717, 1.165) is 26.5 Å². The number of thioether (sulfide) groups is 1. The van der Waals surface area contributed by atoms with Gasteiger partial charge in [0, 0.05) is 10.4 Å². The number of para-hydroxylation sites is 1. The maximum atomic E-state index is 13.5. The molecule has 0 unspecified atom stereocenters. The minimum absolute atomic E-state index is 0.0589. The molecule has 0 aliphatic rings. The number of hydrogen-bond acceptors (Lipinski definition) is 7. The Labute approximate surface area is 193 Å². The van der Waals surface area contributed by atoms with Crippen molar-refractivity contribution in [2.45, 2.75) is 31.7 Å². The third-order valence-corrected chi connectivity index (χ3v) is 7.31. The van der Waals surface area contributed by atoms with E-state index >= 15 is 0 Å². The predicted octanol–water partition coefficient (Wildman–Crippen LogP) is 5.71. The molecule has 0 atom stereocenters. The van der Waals surface area contributed by atoms with Crippen LogP contribution in [0.25, 0.3) is 27.3 Å². The summed E-state index contributed by atoms with van der Waals surface area (Å²) in [5.74, 6) is 1.44. The van der Waals surface area contributed by atoms with Crippen LogP contribution in [0.2, 0.25) is 0 Å². The highest BCUT2D eigenvalue weighted by Gasteiger charge is 2.19. The Kier molecular flexibility index (Phi) is 5.40. The molecule has 0 aliphatic carbocycles. The van der Waals surface area contributed by atoms with E-state index in [2.05, 4.69) is 10.1 Å². The lowest BCUT2D eigenvalue weighted by atomic mass is 10.1. The van der Waals surface area contributed by atoms with E-state index in [1.165, 1.54) is 17.3 Å². The third kappa shape index (κ3) is 3.76. The standard InChI is InChI=1S/C24H20N4O2S2/c1-14-9-11-17(12-10-14)21-25-19(30-27-21)13-31-24-26-22-20(15(2)16(3)32-22)23(29)28(24)18-7-5-4-6-8-18/h4-12H,13H2,1-3H3. The maximum Gasteiger partial charge on any atom is 0.267 e. The first-order chi connectivity index (χ1) is 15.5. The van der Waals surface area contributed by atoms with E-state index in [4.69, 9.17) is 9.51 Å². The van der Waals surface area contributed by atoms with Crippen LogP contribution in [0.15, 0.2) is 69.1 Å². The van der Waals surface area contributed by atoms with Crippen LogP contribution in [0.4, 0.5) is 0 Å². The average molecular weight is 461 g/mol. The van der Waals surface area contributed by atoms with Crippen LogP contribution in [-0.4, -0.2) is 19.7 Å². The van der Waals surface area contributed by atoms with Gasteiger partial charge in [-0.15, -0.1) is 11.3 Å². The van der Waals surface area contributed by atoms with E-state index in [1.54, 1.807) is 15.9 Å². The van der Waals surface area contributed by atoms with Crippen molar-refractivity contribution in [2.24, 2.45) is 0 Å². The molecule has 5 aromatic rings. The zero-order valence-electron chi connectivity index (χ0n) is 17.8. The molecule has 8 heteroatoms. The van der Waals surface area contributed by atoms with Gasteiger partial charge in [-0.3, -0.25) is 9.36 Å². The van der Waals surface area contributed by atoms with E-state index < -0.39 is 0 Å². The predicted molar refractivity (Wildman–Crippen MR) is 129 cm³/mol. The summed E-state index contributed by atoms with van der Waals surface area (Å²) in [5, 5.41) is 5.39. The fourth-order valence-electron chi connectivity index (χ4n) is 3.44. The Morgan fingerprint density at radius 2 is 1.75 bits per heavy atom. The number of benzene rings is 2. The van der Waals surface area contributed by atoms with Crippen molar-refractivity contribution in [3.05, 3.63) is 86.8 Å². The number of rotatable bonds is 5. The minimum Gasteiger partial charge on any atom is -0.338 e. The molecule has 32 heavy (non-hydrogen) atoms. The molecular weight excluding hydrogens is 440 g/mol. The normalized spacial score (nSPS) is 11.3. The summed E-state index contributed by atoms with van der Waals surface area (Å²) >= 11 is 2.96. The molecule has 0 saturated carbocycles. The summed E-state index contributed by atoms with van der Waals surface area (Å²) in [6, 6.07) is 17.6. The highest BCUT2D eigenvalue weighted by molar-refractivity contribution is 7.98. The van der Waals surface area contributed by atoms with E-state index in [1.807, 2.05) is 75.4 Å². The monoisotopic (exact) mass is 460 g/mol. The summed E-state index contributed by atoms with van der Waals surface area (Å²) in [4.78, 5) is 24.7. The van der Waals surface area contributed by atoms with Gasteiger partial charge in [-0.2, -0.15) is 4.98 Å². The highest BCUT2D eigenvalue weighted by Crippen LogP contribution is 2.30. The molecule has 5 rings (SSSR count). The highest BCUT2D eigenvalue weighted by atomic mass is 32.2. The summed E-state index contributed by atoms with van der Waals surface area (Å²) < 4.78 is 7.13. The van der Waals surface area contributed by atoms with Gasteiger partial charge < -0.3 is 4.52 Å². The number of thiophene rings is 1. The zero-order valence-corrected chi connectivity index (χ0v) is 19.5. The van der Waals surface area contributed by atoms with Gasteiger partial charge >= 0.3 is 0 Å². The summed E-state index contributed by atoms with van der Waals surface area (Å²) in [6.45, 7) is 6.03. The number of aryl methyl sites for hydroxylation is 3. The van der Waals surface area contributed by atoms with Crippen LogP contribution >= 0.6 is 23.1 Å². The molecule has 0 saturated heterocycles. The number of fused-ring (bicyclic) bond motifs is 1. The molecule has 0 aliphatic heterocycles. The van der Waals surface area contributed by atoms with Gasteiger partial charge in [-0.05, 0) is 38.5 Å². The van der Waals surface area contributed by atoms with Crippen molar-refractivity contribution >= 4 is 33.3 Å². The van der Waals surface area contributed by atoms with Crippen LogP contribution in [0.3, 0.4) is 0 Å². The molecule has 0 amide bonds. The second-order valence-electron chi connectivity index (χ2n) is 7.50. The third-order valence-electron chi connectivity index (χ3n) is 5.29. The average Bonchev–Trinajstić information content (AvgIpc) is 3.38. The number of hydrogen-bond donors (Lipinski definition) is 0. The Balaban J connectivity index is 1.52. The Bertz CT molecular complexity index is 1470. The summed E-state index contributed by atoms with van der Waals surface area (Å²) in [5.41, 5.74) is 3.79. The van der Waals surface area contributed by atoms with E-state index in [0.29, 0.717) is 28.0 Å². The van der Waals surface area contributed by atoms with E-state index in [9.17, 15) is 4.79 Å². The van der Waals surface area contributed by atoms with Gasteiger partial charge in [-0.1, -0.05) is 64.9 Å². The van der Waals surface area contributed by atoms with Gasteiger partial charge in [0.25, 0.3) is 5.56 Å². The second-order valence-corrected chi connectivity index (χ2v) is 9.65. The molecule has 2 aromatic carbocycles. The van der Waals surface area contributed by atoms with Crippen LogP contribution in [0, 0.1) is 20.8 Å². The topological polar surface area (TPSA) is 73.8 Å². The number of nitrogens with zero attached hydrogens (tertiary/aromatic N) is 4. The van der Waals surface area contributed by atoms with E-state index in [-0.39, 0.29) is 5.56 Å². The summed E-state index contributed by atoms with van der Waals surface area (Å²) in [7, 11) is 0. The Morgan fingerprint density at radius 3 is 2.50 bits per heavy atom. The second kappa shape index (κ2) is 8.37. The fourth-order valence-corrected chi connectivity index (χ4v) is 5.36. The molecule has 0 radical (unpaired) electrons. The molecule has 0 N–H and O–H groups in total. The molecule has 3 aromatic heterocycles. The first-order valence-electron chi connectivity index (χ1n) is 10.1. The van der Waals surface area contributed by atoms with Gasteiger partial charge in [0.1, 0.15) is 4.83 Å². The van der Waals surface area contributed by atoms with Gasteiger partial charge in [0.15, 0.2) is 5.16 Å².